The molecule has 0 aliphatic carbocycles. The number of benzene rings is 2. The Kier molecular flexibility index (Phi) is 4.71. The van der Waals surface area contributed by atoms with Gasteiger partial charge in [-0.2, -0.15) is 0 Å². The third-order valence-electron chi connectivity index (χ3n) is 7.94. The number of nitrogens with one attached hydrogen (secondary N) is 1. The van der Waals surface area contributed by atoms with Crippen LogP contribution in [0.1, 0.15) is 49.4 Å². The first-order chi connectivity index (χ1) is 17.2. The van der Waals surface area contributed by atoms with E-state index in [2.05, 4.69) is 11.4 Å². The largest absolute Gasteiger partial charge is 0.461 e. The normalized spacial score (nSPS) is 26.2. The van der Waals surface area contributed by atoms with Crippen LogP contribution >= 0.6 is 0 Å². The van der Waals surface area contributed by atoms with Crippen LogP contribution in [0, 0.1) is 11.3 Å². The Morgan fingerprint density at radius 2 is 1.72 bits per heavy atom. The number of anilines is 2. The number of para-hydroxylation sites is 2. The van der Waals surface area contributed by atoms with Crippen LogP contribution in [0.4, 0.5) is 11.4 Å². The van der Waals surface area contributed by atoms with Gasteiger partial charge in [-0.25, -0.2) is 0 Å². The zero-order chi connectivity index (χ0) is 25.4. The molecule has 4 atom stereocenters. The Morgan fingerprint density at radius 1 is 1.00 bits per heavy atom. The molecule has 6 nitrogen and oxygen atoms in total. The Bertz CT molecular complexity index is 1450. The molecule has 0 bridgehead atoms. The van der Waals surface area contributed by atoms with Crippen molar-refractivity contribution in [3.8, 4) is 0 Å². The molecule has 0 radical (unpaired) electrons. The van der Waals surface area contributed by atoms with Crippen LogP contribution in [0.3, 0.4) is 0 Å². The van der Waals surface area contributed by atoms with Gasteiger partial charge in [-0.15, -0.1) is 0 Å². The predicted molar refractivity (Wildman–Crippen MR) is 138 cm³/mol. The number of carbonyl (C=O) groups is 3. The summed E-state index contributed by atoms with van der Waals surface area (Å²) in [7, 11) is 0. The van der Waals surface area contributed by atoms with Crippen molar-refractivity contribution in [2.45, 2.75) is 45.2 Å². The van der Waals surface area contributed by atoms with Gasteiger partial charge >= 0.3 is 0 Å². The van der Waals surface area contributed by atoms with E-state index in [0.717, 1.165) is 22.4 Å². The maximum atomic E-state index is 14.3. The highest BCUT2D eigenvalue weighted by atomic mass is 16.3. The highest BCUT2D eigenvalue weighted by molar-refractivity contribution is 6.16. The van der Waals surface area contributed by atoms with Crippen molar-refractivity contribution in [3.05, 3.63) is 89.9 Å². The molecule has 36 heavy (non-hydrogen) atoms. The van der Waals surface area contributed by atoms with Crippen LogP contribution in [0.15, 0.2) is 77.4 Å². The van der Waals surface area contributed by atoms with E-state index in [1.165, 1.54) is 6.26 Å². The predicted octanol–water partition coefficient (Wildman–Crippen LogP) is 5.26. The van der Waals surface area contributed by atoms with Crippen molar-refractivity contribution in [2.75, 3.05) is 10.2 Å². The summed E-state index contributed by atoms with van der Waals surface area (Å²) in [6, 6.07) is 17.3. The molecule has 6 rings (SSSR count). The molecule has 1 spiro atoms. The summed E-state index contributed by atoms with van der Waals surface area (Å²) < 4.78 is 5.56. The minimum absolute atomic E-state index is 0.0887. The van der Waals surface area contributed by atoms with Crippen LogP contribution in [-0.2, 0) is 15.0 Å². The number of furan rings is 1. The van der Waals surface area contributed by atoms with E-state index in [1.807, 2.05) is 81.1 Å². The summed E-state index contributed by atoms with van der Waals surface area (Å²) in [6.07, 6.45) is 3.51. The van der Waals surface area contributed by atoms with Gasteiger partial charge < -0.3 is 14.6 Å². The smallest absolute Gasteiger partial charge is 0.238 e. The molecule has 3 aliphatic rings. The van der Waals surface area contributed by atoms with Gasteiger partial charge in [0.25, 0.3) is 0 Å². The number of hydrogen-bond donors (Lipinski definition) is 1. The number of carbonyl (C=O) groups excluding carboxylic acids is 3. The average Bonchev–Trinajstić information content (AvgIpc) is 3.55. The van der Waals surface area contributed by atoms with Gasteiger partial charge in [-0.3, -0.25) is 14.4 Å². The van der Waals surface area contributed by atoms with Crippen LogP contribution in [0.25, 0.3) is 5.57 Å². The van der Waals surface area contributed by atoms with Crippen LogP contribution in [-0.4, -0.2) is 29.6 Å². The first-order valence-corrected chi connectivity index (χ1v) is 12.3. The topological polar surface area (TPSA) is 79.6 Å². The first-order valence-electron chi connectivity index (χ1n) is 12.3. The van der Waals surface area contributed by atoms with E-state index < -0.39 is 28.8 Å². The van der Waals surface area contributed by atoms with E-state index >= 15 is 0 Å². The molecule has 1 aromatic heterocycles. The monoisotopic (exact) mass is 480 g/mol. The lowest BCUT2D eigenvalue weighted by Crippen LogP contribution is -2.51. The standard InChI is InChI=1S/C30H28N2O4/c1-17-16-23-30(19-11-6-7-12-20(19)31-28(30)35)24(26(33)22-14-9-15-36-22)25(27(34)29(2,3)4)32(23)21-13-8-5-10-18(17)21/h5-16,23-25H,1-4H3,(H,31,35)/t23-,24-,25-,30-/m0/s1. The number of Topliss-reactive ketones (excluding diaryl/α,β-unsaturated/α-hetero) is 2. The molecule has 3 aliphatic heterocycles. The van der Waals surface area contributed by atoms with Crippen molar-refractivity contribution in [3.63, 3.8) is 0 Å². The van der Waals surface area contributed by atoms with Crippen molar-refractivity contribution >= 4 is 34.4 Å². The summed E-state index contributed by atoms with van der Waals surface area (Å²) >= 11 is 0. The molecular weight excluding hydrogens is 452 g/mol. The molecule has 1 N–H and O–H groups in total. The number of fused-ring (bicyclic) bond motifs is 6. The number of amides is 1. The second-order valence-corrected chi connectivity index (χ2v) is 11.0. The van der Waals surface area contributed by atoms with E-state index in [0.29, 0.717) is 5.69 Å². The minimum atomic E-state index is -1.30. The quantitative estimate of drug-likeness (QED) is 0.518. The summed E-state index contributed by atoms with van der Waals surface area (Å²) in [4.78, 5) is 44.8. The van der Waals surface area contributed by atoms with Crippen LogP contribution in [0.2, 0.25) is 0 Å². The highest BCUT2D eigenvalue weighted by Gasteiger charge is 2.71. The van der Waals surface area contributed by atoms with Crippen molar-refractivity contribution in [1.82, 2.24) is 0 Å². The molecule has 4 heterocycles. The Hall–Kier alpha value is -3.93. The molecule has 0 unspecified atom stereocenters. The van der Waals surface area contributed by atoms with E-state index in [4.69, 9.17) is 4.42 Å². The van der Waals surface area contributed by atoms with Gasteiger partial charge in [0.2, 0.25) is 11.7 Å². The number of ketones is 2. The second-order valence-electron chi connectivity index (χ2n) is 11.0. The van der Waals surface area contributed by atoms with Crippen LogP contribution in [0.5, 0.6) is 0 Å². The van der Waals surface area contributed by atoms with E-state index in [-0.39, 0.29) is 23.2 Å². The van der Waals surface area contributed by atoms with Gasteiger partial charge in [-0.1, -0.05) is 63.2 Å². The van der Waals surface area contributed by atoms with Gasteiger partial charge in [0.1, 0.15) is 11.5 Å². The Labute approximate surface area is 210 Å². The van der Waals surface area contributed by atoms with Crippen LogP contribution < -0.4 is 10.2 Å². The maximum absolute atomic E-state index is 14.3. The fraction of sp³-hybridized carbons (Fsp3) is 0.300. The third-order valence-corrected chi connectivity index (χ3v) is 7.94. The summed E-state index contributed by atoms with van der Waals surface area (Å²) in [5.74, 6) is -1.53. The zero-order valence-corrected chi connectivity index (χ0v) is 20.7. The second kappa shape index (κ2) is 7.53. The molecule has 0 saturated carbocycles. The number of nitrogens with zero attached hydrogens (tertiary/aromatic N) is 1. The molecular formula is C30H28N2O4. The molecule has 182 valence electrons. The highest BCUT2D eigenvalue weighted by Crippen LogP contribution is 2.59. The zero-order valence-electron chi connectivity index (χ0n) is 20.7. The van der Waals surface area contributed by atoms with Gasteiger partial charge in [0.05, 0.1) is 18.2 Å². The fourth-order valence-electron chi connectivity index (χ4n) is 6.40. The molecule has 1 fully saturated rings. The van der Waals surface area contributed by atoms with E-state index in [1.54, 1.807) is 12.1 Å². The number of hydrogen-bond acceptors (Lipinski definition) is 5. The van der Waals surface area contributed by atoms with Crippen molar-refractivity contribution in [2.24, 2.45) is 11.3 Å². The van der Waals surface area contributed by atoms with Gasteiger partial charge in [-0.05, 0) is 42.3 Å². The van der Waals surface area contributed by atoms with E-state index in [9.17, 15) is 14.4 Å². The summed E-state index contributed by atoms with van der Waals surface area (Å²) in [6.45, 7) is 7.61. The average molecular weight is 481 g/mol. The lowest BCUT2D eigenvalue weighted by Gasteiger charge is -2.39. The van der Waals surface area contributed by atoms with Crippen molar-refractivity contribution in [1.29, 1.82) is 0 Å². The molecule has 1 saturated heterocycles. The number of rotatable bonds is 3. The Balaban J connectivity index is 1.72. The summed E-state index contributed by atoms with van der Waals surface area (Å²) in [5, 5.41) is 3.04. The third kappa shape index (κ3) is 2.81. The van der Waals surface area contributed by atoms with Gasteiger partial charge in [0, 0.05) is 22.4 Å². The molecule has 6 heteroatoms. The first kappa shape index (κ1) is 22.5. The maximum Gasteiger partial charge on any atom is 0.238 e. The van der Waals surface area contributed by atoms with Gasteiger partial charge in [0.15, 0.2) is 11.5 Å². The minimum Gasteiger partial charge on any atom is -0.461 e. The lowest BCUT2D eigenvalue weighted by atomic mass is 9.63. The molecule has 2 aromatic carbocycles. The lowest BCUT2D eigenvalue weighted by molar-refractivity contribution is -0.128. The fourth-order valence-corrected chi connectivity index (χ4v) is 6.40. The Morgan fingerprint density at radius 3 is 2.44 bits per heavy atom. The molecule has 1 amide bonds. The SMILES string of the molecule is CC1=C[C@@H]2N(c3ccccc31)[C@H](C(=O)C(C)(C)C)[C@@H](C(=O)c1ccco1)[C@@]21C(=O)Nc2ccccc21. The molecule has 3 aromatic rings. The number of allylic oxidation sites excluding steroid dienone is 1. The van der Waals surface area contributed by atoms with Crippen molar-refractivity contribution < 1.29 is 18.8 Å². The summed E-state index contributed by atoms with van der Waals surface area (Å²) in [5.41, 5.74) is 2.22.